The van der Waals surface area contributed by atoms with E-state index in [1.54, 1.807) is 10.4 Å². The molecule has 2 aromatic heterocycles. The Kier molecular flexibility index (Phi) is 3.30. The van der Waals surface area contributed by atoms with Crippen LogP contribution in [0, 0.1) is 5.92 Å². The Labute approximate surface area is 135 Å². The minimum Gasteiger partial charge on any atom is -0.465 e. The Morgan fingerprint density at radius 2 is 2.18 bits per heavy atom. The topological polar surface area (TPSA) is 82.5 Å². The van der Waals surface area contributed by atoms with E-state index in [0.29, 0.717) is 19.0 Å². The van der Waals surface area contributed by atoms with Gasteiger partial charge in [-0.3, -0.25) is 0 Å². The van der Waals surface area contributed by atoms with Crippen molar-refractivity contribution in [1.29, 1.82) is 0 Å². The molecule has 0 aromatic carbocycles. The van der Waals surface area contributed by atoms with Crippen molar-refractivity contribution in [1.82, 2.24) is 19.9 Å². The van der Waals surface area contributed by atoms with Crippen LogP contribution in [0.1, 0.15) is 12.8 Å². The number of amides is 1. The first kappa shape index (κ1) is 14.0. The van der Waals surface area contributed by atoms with Crippen LogP contribution < -0.4 is 4.90 Å². The third-order valence-corrected chi connectivity index (χ3v) is 5.30. The summed E-state index contributed by atoms with van der Waals surface area (Å²) in [6, 6.07) is -0.00123. The standard InChI is InChI=1S/C13H14ClN5O2S/c14-12-16-10(9-11(17-12)22-6-15-9)18-3-7-1-2-8(5-18)19(4-7)13(20)21/h6-8H,1-5H2,(H,20,21)/t7-,8+/m0/s1. The van der Waals surface area contributed by atoms with E-state index in [1.807, 2.05) is 0 Å². The summed E-state index contributed by atoms with van der Waals surface area (Å²) < 4.78 is 0. The molecule has 0 spiro atoms. The normalized spacial score (nSPS) is 24.8. The number of rotatable bonds is 1. The Balaban J connectivity index is 1.73. The van der Waals surface area contributed by atoms with Crippen LogP contribution in [-0.2, 0) is 0 Å². The molecule has 3 aliphatic heterocycles. The van der Waals surface area contributed by atoms with E-state index < -0.39 is 6.09 Å². The lowest BCUT2D eigenvalue weighted by Gasteiger charge is -2.33. The highest BCUT2D eigenvalue weighted by Crippen LogP contribution is 2.33. The average molecular weight is 340 g/mol. The molecule has 0 unspecified atom stereocenters. The maximum Gasteiger partial charge on any atom is 0.407 e. The summed E-state index contributed by atoms with van der Waals surface area (Å²) >= 11 is 7.46. The molecule has 3 aliphatic rings. The summed E-state index contributed by atoms with van der Waals surface area (Å²) in [6.07, 6.45) is 1.10. The quantitative estimate of drug-likeness (QED) is 0.803. The van der Waals surface area contributed by atoms with Gasteiger partial charge >= 0.3 is 6.09 Å². The van der Waals surface area contributed by atoms with E-state index in [-0.39, 0.29) is 11.3 Å². The van der Waals surface area contributed by atoms with Crippen LogP contribution in [0.4, 0.5) is 10.6 Å². The van der Waals surface area contributed by atoms with Gasteiger partial charge in [-0.25, -0.2) is 14.8 Å². The van der Waals surface area contributed by atoms with Crippen molar-refractivity contribution in [2.75, 3.05) is 24.5 Å². The number of aromatic nitrogens is 3. The predicted octanol–water partition coefficient (Wildman–Crippen LogP) is 2.32. The summed E-state index contributed by atoms with van der Waals surface area (Å²) in [6.45, 7) is 2.00. The average Bonchev–Trinajstić information content (AvgIpc) is 2.76. The number of fused-ring (bicyclic) bond motifs is 5. The van der Waals surface area contributed by atoms with Crippen LogP contribution in [0.5, 0.6) is 0 Å². The largest absolute Gasteiger partial charge is 0.465 e. The lowest BCUT2D eigenvalue weighted by molar-refractivity contribution is 0.101. The SMILES string of the molecule is O=C(O)N1C[C@H]2CC[C@@H]1CN(c1nc(Cl)nc3scnc13)C2. The molecule has 1 N–H and O–H groups in total. The van der Waals surface area contributed by atoms with E-state index >= 15 is 0 Å². The summed E-state index contributed by atoms with van der Waals surface area (Å²) in [5.41, 5.74) is 2.48. The molecule has 3 saturated heterocycles. The van der Waals surface area contributed by atoms with E-state index in [0.717, 1.165) is 35.6 Å². The van der Waals surface area contributed by atoms with Crippen LogP contribution in [0.2, 0.25) is 5.28 Å². The maximum atomic E-state index is 11.4. The van der Waals surface area contributed by atoms with E-state index in [2.05, 4.69) is 19.9 Å². The zero-order valence-corrected chi connectivity index (χ0v) is 13.2. The zero-order chi connectivity index (χ0) is 15.3. The van der Waals surface area contributed by atoms with Crippen molar-refractivity contribution in [3.8, 4) is 0 Å². The molecule has 7 nitrogen and oxygen atoms in total. The number of carbonyl (C=O) groups is 1. The fourth-order valence-corrected chi connectivity index (χ4v) is 4.30. The highest BCUT2D eigenvalue weighted by Gasteiger charge is 2.38. The van der Waals surface area contributed by atoms with Crippen molar-refractivity contribution in [2.45, 2.75) is 18.9 Å². The lowest BCUT2D eigenvalue weighted by atomic mass is 9.95. The molecule has 5 rings (SSSR count). The van der Waals surface area contributed by atoms with Gasteiger partial charge in [-0.1, -0.05) is 0 Å². The Morgan fingerprint density at radius 3 is 3.00 bits per heavy atom. The molecule has 3 fully saturated rings. The van der Waals surface area contributed by atoms with E-state index in [4.69, 9.17) is 11.6 Å². The van der Waals surface area contributed by atoms with Gasteiger partial charge in [-0.2, -0.15) is 4.98 Å². The molecule has 0 radical (unpaired) electrons. The maximum absolute atomic E-state index is 11.4. The van der Waals surface area contributed by atoms with Gasteiger partial charge < -0.3 is 14.9 Å². The number of thiazole rings is 1. The summed E-state index contributed by atoms with van der Waals surface area (Å²) in [7, 11) is 0. The second kappa shape index (κ2) is 5.20. The van der Waals surface area contributed by atoms with Crippen LogP contribution in [0.3, 0.4) is 0 Å². The second-order valence-corrected chi connectivity index (χ2v) is 6.93. The van der Waals surface area contributed by atoms with Crippen LogP contribution in [0.15, 0.2) is 5.51 Å². The molecule has 5 heterocycles. The number of carboxylic acid groups (broad SMARTS) is 1. The van der Waals surface area contributed by atoms with Crippen molar-refractivity contribution >= 4 is 45.2 Å². The highest BCUT2D eigenvalue weighted by molar-refractivity contribution is 7.16. The van der Waals surface area contributed by atoms with Gasteiger partial charge in [0, 0.05) is 19.6 Å². The van der Waals surface area contributed by atoms with Crippen molar-refractivity contribution < 1.29 is 9.90 Å². The molecule has 1 amide bonds. The van der Waals surface area contributed by atoms with E-state index in [9.17, 15) is 9.90 Å². The number of hydrogen-bond donors (Lipinski definition) is 1. The second-order valence-electron chi connectivity index (χ2n) is 5.76. The molecule has 0 aliphatic carbocycles. The number of piperidine rings is 1. The summed E-state index contributed by atoms with van der Waals surface area (Å²) in [5, 5.41) is 9.58. The molecule has 2 aromatic rings. The first-order valence-corrected chi connectivity index (χ1v) is 8.39. The zero-order valence-electron chi connectivity index (χ0n) is 11.6. The lowest BCUT2D eigenvalue weighted by Crippen LogP contribution is -2.46. The molecular weight excluding hydrogens is 326 g/mol. The molecule has 2 bridgehead atoms. The minimum absolute atomic E-state index is 0.00123. The van der Waals surface area contributed by atoms with Gasteiger partial charge in [0.15, 0.2) is 10.6 Å². The van der Waals surface area contributed by atoms with Gasteiger partial charge in [0.25, 0.3) is 0 Å². The molecule has 22 heavy (non-hydrogen) atoms. The fraction of sp³-hybridized carbons (Fsp3) is 0.538. The van der Waals surface area contributed by atoms with Crippen LogP contribution in [0.25, 0.3) is 10.3 Å². The van der Waals surface area contributed by atoms with Crippen molar-refractivity contribution in [2.24, 2.45) is 5.92 Å². The van der Waals surface area contributed by atoms with Crippen molar-refractivity contribution in [3.05, 3.63) is 10.8 Å². The predicted molar refractivity (Wildman–Crippen MR) is 83.7 cm³/mol. The Morgan fingerprint density at radius 1 is 1.32 bits per heavy atom. The van der Waals surface area contributed by atoms with Gasteiger partial charge in [-0.15, -0.1) is 11.3 Å². The molecule has 9 heteroatoms. The molecular formula is C13H14ClN5O2S. The highest BCUT2D eigenvalue weighted by atomic mass is 35.5. The monoisotopic (exact) mass is 339 g/mol. The molecule has 0 saturated carbocycles. The third-order valence-electron chi connectivity index (χ3n) is 4.41. The van der Waals surface area contributed by atoms with Crippen LogP contribution >= 0.6 is 22.9 Å². The number of nitrogens with zero attached hydrogens (tertiary/aromatic N) is 5. The number of hydrogen-bond acceptors (Lipinski definition) is 6. The summed E-state index contributed by atoms with van der Waals surface area (Å²) in [4.78, 5) is 28.8. The van der Waals surface area contributed by atoms with Gasteiger partial charge in [0.05, 0.1) is 11.6 Å². The third kappa shape index (κ3) is 2.26. The van der Waals surface area contributed by atoms with Crippen LogP contribution in [-0.4, -0.2) is 56.7 Å². The Bertz CT molecular complexity index is 738. The molecule has 116 valence electrons. The summed E-state index contributed by atoms with van der Waals surface area (Å²) in [5.74, 6) is 1.04. The Hall–Kier alpha value is -1.67. The number of halogens is 1. The fourth-order valence-electron chi connectivity index (χ4n) is 3.43. The van der Waals surface area contributed by atoms with Gasteiger partial charge in [-0.05, 0) is 30.4 Å². The van der Waals surface area contributed by atoms with Crippen molar-refractivity contribution in [3.63, 3.8) is 0 Å². The minimum atomic E-state index is -0.837. The van der Waals surface area contributed by atoms with E-state index in [1.165, 1.54) is 11.3 Å². The first-order chi connectivity index (χ1) is 10.6. The van der Waals surface area contributed by atoms with Gasteiger partial charge in [0.1, 0.15) is 5.52 Å². The number of anilines is 1. The molecule has 2 atom stereocenters. The smallest absolute Gasteiger partial charge is 0.407 e. The first-order valence-electron chi connectivity index (χ1n) is 7.13. The van der Waals surface area contributed by atoms with Gasteiger partial charge in [0.2, 0.25) is 5.28 Å².